The van der Waals surface area contributed by atoms with Crippen molar-refractivity contribution in [1.29, 1.82) is 0 Å². The Labute approximate surface area is 141 Å². The molecule has 3 rings (SSSR count). The molecule has 24 heavy (non-hydrogen) atoms. The van der Waals surface area contributed by atoms with Gasteiger partial charge in [0.25, 0.3) is 0 Å². The van der Waals surface area contributed by atoms with Gasteiger partial charge in [-0.2, -0.15) is 0 Å². The lowest BCUT2D eigenvalue weighted by Gasteiger charge is -2.36. The highest BCUT2D eigenvalue weighted by atomic mass is 19.1. The van der Waals surface area contributed by atoms with E-state index in [4.69, 9.17) is 4.74 Å². The van der Waals surface area contributed by atoms with Gasteiger partial charge >= 0.3 is 0 Å². The first kappa shape index (κ1) is 16.5. The van der Waals surface area contributed by atoms with Gasteiger partial charge in [-0.05, 0) is 35.4 Å². The van der Waals surface area contributed by atoms with Crippen LogP contribution in [0.15, 0.2) is 48.5 Å². The minimum atomic E-state index is -0.279. The van der Waals surface area contributed by atoms with Gasteiger partial charge in [0.1, 0.15) is 11.6 Å². The Hall–Kier alpha value is -2.40. The van der Waals surface area contributed by atoms with Crippen LogP contribution in [0.2, 0.25) is 0 Å². The van der Waals surface area contributed by atoms with Gasteiger partial charge in [-0.25, -0.2) is 4.39 Å². The minimum Gasteiger partial charge on any atom is -0.497 e. The number of nitrogens with zero attached hydrogens (tertiary/aromatic N) is 1. The fourth-order valence-electron chi connectivity index (χ4n) is 3.07. The van der Waals surface area contributed by atoms with Crippen molar-refractivity contribution in [3.63, 3.8) is 0 Å². The van der Waals surface area contributed by atoms with Crippen LogP contribution in [0.3, 0.4) is 0 Å². The normalized spacial score (nSPS) is 17.6. The first-order valence-corrected chi connectivity index (χ1v) is 8.06. The molecule has 1 aliphatic heterocycles. The van der Waals surface area contributed by atoms with Crippen molar-refractivity contribution < 1.29 is 13.9 Å². The molecule has 0 aliphatic carbocycles. The molecule has 1 N–H and O–H groups in total. The zero-order valence-electron chi connectivity index (χ0n) is 13.7. The van der Waals surface area contributed by atoms with E-state index < -0.39 is 0 Å². The summed E-state index contributed by atoms with van der Waals surface area (Å²) in [5.41, 5.74) is 1.73. The largest absolute Gasteiger partial charge is 0.497 e. The predicted octanol–water partition coefficient (Wildman–Crippen LogP) is 2.55. The van der Waals surface area contributed by atoms with Crippen LogP contribution in [0.25, 0.3) is 0 Å². The number of ether oxygens (including phenoxy) is 1. The second-order valence-corrected chi connectivity index (χ2v) is 5.89. The number of benzene rings is 2. The van der Waals surface area contributed by atoms with Crippen molar-refractivity contribution in [2.45, 2.75) is 12.5 Å². The van der Waals surface area contributed by atoms with Gasteiger partial charge in [0.05, 0.1) is 19.6 Å². The summed E-state index contributed by atoms with van der Waals surface area (Å²) in [6.07, 6.45) is 0.309. The van der Waals surface area contributed by atoms with Gasteiger partial charge in [0.2, 0.25) is 5.91 Å². The molecule has 2 aromatic rings. The number of rotatable bonds is 4. The Balaban J connectivity index is 1.78. The molecule has 0 spiro atoms. The van der Waals surface area contributed by atoms with E-state index in [2.05, 4.69) is 5.32 Å². The molecule has 1 fully saturated rings. The van der Waals surface area contributed by atoms with Crippen LogP contribution in [0, 0.1) is 5.82 Å². The van der Waals surface area contributed by atoms with Crippen LogP contribution >= 0.6 is 0 Å². The topological polar surface area (TPSA) is 41.6 Å². The summed E-state index contributed by atoms with van der Waals surface area (Å²) >= 11 is 0. The maximum absolute atomic E-state index is 13.5. The van der Waals surface area contributed by atoms with Crippen LogP contribution in [0.5, 0.6) is 5.75 Å². The third-order valence-electron chi connectivity index (χ3n) is 4.29. The molecule has 1 heterocycles. The minimum absolute atomic E-state index is 0.0408. The molecule has 0 bridgehead atoms. The zero-order valence-corrected chi connectivity index (χ0v) is 13.7. The standard InChI is InChI=1S/C19H21FN2O2/c1-24-17-7-2-4-14(10-17)11-19(23)22-9-8-21-13-18(22)15-5-3-6-16(20)12-15/h2-7,10,12,18,21H,8-9,11,13H2,1H3. The molecule has 1 aliphatic rings. The quantitative estimate of drug-likeness (QED) is 0.938. The second-order valence-electron chi connectivity index (χ2n) is 5.89. The molecule has 0 radical (unpaired) electrons. The smallest absolute Gasteiger partial charge is 0.227 e. The van der Waals surface area contributed by atoms with E-state index >= 15 is 0 Å². The lowest BCUT2D eigenvalue weighted by molar-refractivity contribution is -0.133. The Morgan fingerprint density at radius 2 is 2.12 bits per heavy atom. The van der Waals surface area contributed by atoms with Crippen molar-refractivity contribution in [3.8, 4) is 5.75 Å². The Kier molecular flexibility index (Phi) is 5.11. The SMILES string of the molecule is COc1cccc(CC(=O)N2CCNCC2c2cccc(F)c2)c1. The van der Waals surface area contributed by atoms with Crippen molar-refractivity contribution in [1.82, 2.24) is 10.2 Å². The average Bonchev–Trinajstić information content (AvgIpc) is 2.62. The summed E-state index contributed by atoms with van der Waals surface area (Å²) in [5, 5.41) is 3.28. The fourth-order valence-corrected chi connectivity index (χ4v) is 3.07. The van der Waals surface area contributed by atoms with E-state index in [-0.39, 0.29) is 17.8 Å². The van der Waals surface area contributed by atoms with Crippen LogP contribution < -0.4 is 10.1 Å². The third-order valence-corrected chi connectivity index (χ3v) is 4.29. The molecule has 0 aromatic heterocycles. The number of amides is 1. The van der Waals surface area contributed by atoms with Gasteiger partial charge in [-0.1, -0.05) is 24.3 Å². The lowest BCUT2D eigenvalue weighted by atomic mass is 10.0. The van der Waals surface area contributed by atoms with Crippen molar-refractivity contribution in [2.75, 3.05) is 26.7 Å². The first-order chi connectivity index (χ1) is 11.7. The van der Waals surface area contributed by atoms with Gasteiger partial charge in [0.15, 0.2) is 0 Å². The van der Waals surface area contributed by atoms with E-state index in [1.54, 1.807) is 13.2 Å². The van der Waals surface area contributed by atoms with Crippen LogP contribution in [0.4, 0.5) is 4.39 Å². The molecule has 1 atom stereocenters. The van der Waals surface area contributed by atoms with Gasteiger partial charge < -0.3 is 15.0 Å². The fraction of sp³-hybridized carbons (Fsp3) is 0.316. The zero-order chi connectivity index (χ0) is 16.9. The van der Waals surface area contributed by atoms with Gasteiger partial charge in [-0.3, -0.25) is 4.79 Å². The number of hydrogen-bond acceptors (Lipinski definition) is 3. The third kappa shape index (κ3) is 3.74. The highest BCUT2D eigenvalue weighted by molar-refractivity contribution is 5.79. The lowest BCUT2D eigenvalue weighted by Crippen LogP contribution is -2.49. The summed E-state index contributed by atoms with van der Waals surface area (Å²) in [7, 11) is 1.61. The van der Waals surface area contributed by atoms with Crippen LogP contribution in [-0.4, -0.2) is 37.6 Å². The van der Waals surface area contributed by atoms with Gasteiger partial charge in [-0.15, -0.1) is 0 Å². The monoisotopic (exact) mass is 328 g/mol. The van der Waals surface area contributed by atoms with Gasteiger partial charge in [0, 0.05) is 19.6 Å². The number of nitrogens with one attached hydrogen (secondary N) is 1. The molecular weight excluding hydrogens is 307 g/mol. The second kappa shape index (κ2) is 7.45. The average molecular weight is 328 g/mol. The molecule has 5 heteroatoms. The Morgan fingerprint density at radius 3 is 2.92 bits per heavy atom. The summed E-state index contributed by atoms with van der Waals surface area (Å²) in [4.78, 5) is 14.6. The van der Waals surface area contributed by atoms with Crippen LogP contribution in [-0.2, 0) is 11.2 Å². The number of hydrogen-bond donors (Lipinski definition) is 1. The van der Waals surface area contributed by atoms with E-state index in [0.717, 1.165) is 23.4 Å². The summed E-state index contributed by atoms with van der Waals surface area (Å²) < 4.78 is 18.8. The van der Waals surface area contributed by atoms with Crippen LogP contribution in [0.1, 0.15) is 17.2 Å². The maximum Gasteiger partial charge on any atom is 0.227 e. The number of carbonyl (C=O) groups is 1. The molecule has 0 saturated carbocycles. The van der Waals surface area contributed by atoms with Crippen molar-refractivity contribution >= 4 is 5.91 Å². The van der Waals surface area contributed by atoms with E-state index in [0.29, 0.717) is 19.5 Å². The number of carbonyl (C=O) groups excluding carboxylic acids is 1. The predicted molar refractivity (Wildman–Crippen MR) is 90.4 cm³/mol. The highest BCUT2D eigenvalue weighted by Crippen LogP contribution is 2.24. The summed E-state index contributed by atoms with van der Waals surface area (Å²) in [6.45, 7) is 1.99. The highest BCUT2D eigenvalue weighted by Gasteiger charge is 2.28. The molecule has 1 amide bonds. The van der Waals surface area contributed by atoms with Crippen molar-refractivity contribution in [2.24, 2.45) is 0 Å². The molecule has 2 aromatic carbocycles. The number of methoxy groups -OCH3 is 1. The Bertz CT molecular complexity index is 720. The summed E-state index contributed by atoms with van der Waals surface area (Å²) in [6, 6.07) is 13.9. The molecule has 126 valence electrons. The first-order valence-electron chi connectivity index (χ1n) is 8.06. The molecule has 1 unspecified atom stereocenters. The number of piperazine rings is 1. The maximum atomic E-state index is 13.5. The summed E-state index contributed by atoms with van der Waals surface area (Å²) in [5.74, 6) is 0.500. The molecular formula is C19H21FN2O2. The molecule has 4 nitrogen and oxygen atoms in total. The van der Waals surface area contributed by atoms with E-state index in [1.165, 1.54) is 12.1 Å². The molecule has 1 saturated heterocycles. The Morgan fingerprint density at radius 1 is 1.29 bits per heavy atom. The van der Waals surface area contributed by atoms with E-state index in [1.807, 2.05) is 35.2 Å². The van der Waals surface area contributed by atoms with E-state index in [9.17, 15) is 9.18 Å². The number of halogens is 1. The van der Waals surface area contributed by atoms with Crippen molar-refractivity contribution in [3.05, 3.63) is 65.5 Å².